The van der Waals surface area contributed by atoms with Gasteiger partial charge in [0.1, 0.15) is 5.54 Å². The summed E-state index contributed by atoms with van der Waals surface area (Å²) in [6.07, 6.45) is 0.0820. The van der Waals surface area contributed by atoms with E-state index in [4.69, 9.17) is 26.2 Å². The highest BCUT2D eigenvalue weighted by Gasteiger charge is 2.52. The van der Waals surface area contributed by atoms with Crippen molar-refractivity contribution in [2.75, 3.05) is 20.2 Å². The quantitative estimate of drug-likeness (QED) is 0.585. The van der Waals surface area contributed by atoms with Crippen LogP contribution in [0, 0.1) is 0 Å². The van der Waals surface area contributed by atoms with Crippen LogP contribution in [0.15, 0.2) is 48.5 Å². The van der Waals surface area contributed by atoms with Crippen LogP contribution in [0.4, 0.5) is 4.79 Å². The van der Waals surface area contributed by atoms with Crippen LogP contribution in [-0.4, -0.2) is 58.6 Å². The lowest BCUT2D eigenvalue weighted by Crippen LogP contribution is -2.68. The second kappa shape index (κ2) is 10.6. The fraction of sp³-hybridized carbons (Fsp3) is 0.375. The minimum Gasteiger partial charge on any atom is -0.493 e. The van der Waals surface area contributed by atoms with Gasteiger partial charge < -0.3 is 19.5 Å². The Balaban J connectivity index is 1.75. The molecular formula is C24H27ClN2O6. The Labute approximate surface area is 197 Å². The monoisotopic (exact) mass is 474 g/mol. The molecule has 1 atom stereocenters. The zero-order valence-electron chi connectivity index (χ0n) is 18.6. The number of amides is 2. The van der Waals surface area contributed by atoms with Crippen LogP contribution in [0.5, 0.6) is 11.5 Å². The van der Waals surface area contributed by atoms with Gasteiger partial charge in [0.2, 0.25) is 5.91 Å². The zero-order valence-corrected chi connectivity index (χ0v) is 19.4. The number of ether oxygens (including phenoxy) is 2. The maximum Gasteiger partial charge on any atom is 0.416 e. The van der Waals surface area contributed by atoms with Crippen LogP contribution < -0.4 is 9.47 Å². The normalized spacial score (nSPS) is 17.1. The fourth-order valence-corrected chi connectivity index (χ4v) is 3.88. The van der Waals surface area contributed by atoms with E-state index >= 15 is 0 Å². The highest BCUT2D eigenvalue weighted by atomic mass is 35.5. The van der Waals surface area contributed by atoms with Gasteiger partial charge in [-0.1, -0.05) is 35.9 Å². The number of rotatable bonds is 9. The van der Waals surface area contributed by atoms with Crippen molar-refractivity contribution in [2.45, 2.75) is 38.3 Å². The third-order valence-electron chi connectivity index (χ3n) is 5.76. The van der Waals surface area contributed by atoms with Crippen molar-refractivity contribution < 1.29 is 29.0 Å². The summed E-state index contributed by atoms with van der Waals surface area (Å²) >= 11 is 5.96. The number of halogens is 1. The smallest absolute Gasteiger partial charge is 0.416 e. The molecule has 1 heterocycles. The molecule has 2 amide bonds. The molecule has 0 spiro atoms. The van der Waals surface area contributed by atoms with Gasteiger partial charge in [-0.25, -0.2) is 4.79 Å². The topological polar surface area (TPSA) is 96.4 Å². The average Bonchev–Trinajstić information content (AvgIpc) is 2.78. The lowest BCUT2D eigenvalue weighted by atomic mass is 9.85. The molecule has 2 aromatic carbocycles. The first-order chi connectivity index (χ1) is 15.7. The minimum atomic E-state index is -1.09. The summed E-state index contributed by atoms with van der Waals surface area (Å²) in [6, 6.07) is 13.9. The van der Waals surface area contributed by atoms with Crippen LogP contribution in [-0.2, 0) is 16.1 Å². The van der Waals surface area contributed by atoms with Gasteiger partial charge in [-0.05, 0) is 49.6 Å². The van der Waals surface area contributed by atoms with Crippen molar-refractivity contribution in [3.8, 4) is 11.5 Å². The van der Waals surface area contributed by atoms with Gasteiger partial charge in [0.05, 0.1) is 7.11 Å². The Kier molecular flexibility index (Phi) is 7.81. The molecule has 176 valence electrons. The van der Waals surface area contributed by atoms with E-state index in [-0.39, 0.29) is 31.2 Å². The van der Waals surface area contributed by atoms with E-state index in [1.165, 1.54) is 12.0 Å². The Bertz CT molecular complexity index is 1010. The zero-order chi connectivity index (χ0) is 24.0. The van der Waals surface area contributed by atoms with E-state index in [2.05, 4.69) is 0 Å². The highest BCUT2D eigenvalue weighted by Crippen LogP contribution is 2.35. The Morgan fingerprint density at radius 3 is 2.36 bits per heavy atom. The summed E-state index contributed by atoms with van der Waals surface area (Å²) in [5.41, 5.74) is -0.233. The van der Waals surface area contributed by atoms with Gasteiger partial charge in [0, 0.05) is 31.1 Å². The number of benzene rings is 2. The number of likely N-dealkylation sites (tertiary alicyclic amines) is 1. The number of nitrogens with zero attached hydrogens (tertiary/aromatic N) is 2. The number of methoxy groups -OCH3 is 1. The summed E-state index contributed by atoms with van der Waals surface area (Å²) < 4.78 is 10.7. The summed E-state index contributed by atoms with van der Waals surface area (Å²) in [7, 11) is 1.48. The van der Waals surface area contributed by atoms with Gasteiger partial charge in [-0.15, -0.1) is 0 Å². The molecule has 9 heteroatoms. The van der Waals surface area contributed by atoms with Crippen LogP contribution in [0.1, 0.15) is 31.7 Å². The second-order valence-electron chi connectivity index (χ2n) is 8.04. The molecule has 1 aliphatic heterocycles. The molecule has 0 bridgehead atoms. The number of carboxylic acids is 1. The Morgan fingerprint density at radius 2 is 1.79 bits per heavy atom. The minimum absolute atomic E-state index is 0.0549. The van der Waals surface area contributed by atoms with Crippen molar-refractivity contribution in [1.82, 2.24) is 9.80 Å². The lowest BCUT2D eigenvalue weighted by Gasteiger charge is -2.49. The van der Waals surface area contributed by atoms with E-state index in [0.29, 0.717) is 30.2 Å². The molecule has 1 aliphatic rings. The highest BCUT2D eigenvalue weighted by molar-refractivity contribution is 6.30. The van der Waals surface area contributed by atoms with Crippen LogP contribution in [0.3, 0.4) is 0 Å². The van der Waals surface area contributed by atoms with Gasteiger partial charge in [-0.2, -0.15) is 0 Å². The van der Waals surface area contributed by atoms with Gasteiger partial charge in [-0.3, -0.25) is 14.5 Å². The van der Waals surface area contributed by atoms with Crippen LogP contribution in [0.25, 0.3) is 0 Å². The number of aliphatic carboxylic acids is 1. The predicted molar refractivity (Wildman–Crippen MR) is 122 cm³/mol. The van der Waals surface area contributed by atoms with Crippen molar-refractivity contribution in [3.05, 3.63) is 59.1 Å². The largest absolute Gasteiger partial charge is 0.493 e. The van der Waals surface area contributed by atoms with E-state index in [1.807, 2.05) is 12.1 Å². The summed E-state index contributed by atoms with van der Waals surface area (Å²) in [5.74, 6) is -0.500. The summed E-state index contributed by atoms with van der Waals surface area (Å²) in [6.45, 7) is 2.61. The molecule has 0 aliphatic carbocycles. The van der Waals surface area contributed by atoms with Gasteiger partial charge in [0.15, 0.2) is 11.5 Å². The van der Waals surface area contributed by atoms with E-state index in [0.717, 1.165) is 5.56 Å². The van der Waals surface area contributed by atoms with Crippen molar-refractivity contribution in [3.63, 3.8) is 0 Å². The second-order valence-corrected chi connectivity index (χ2v) is 8.48. The maximum atomic E-state index is 13.6. The van der Waals surface area contributed by atoms with E-state index in [1.54, 1.807) is 48.2 Å². The van der Waals surface area contributed by atoms with Crippen molar-refractivity contribution >= 4 is 29.6 Å². The molecule has 1 fully saturated rings. The SMILES string of the molecule is COc1ccccc1OC(=O)N1CCC1(C)C(=O)N(CCCC(=O)O)Cc1ccc(Cl)cc1. The molecule has 1 unspecified atom stereocenters. The molecule has 2 aromatic rings. The number of carbonyl (C=O) groups excluding carboxylic acids is 2. The molecule has 3 rings (SSSR count). The Hall–Kier alpha value is -3.26. The molecule has 1 N–H and O–H groups in total. The maximum absolute atomic E-state index is 13.6. The lowest BCUT2D eigenvalue weighted by molar-refractivity contribution is -0.150. The molecule has 0 saturated carbocycles. The number of hydrogen-bond acceptors (Lipinski definition) is 5. The van der Waals surface area contributed by atoms with E-state index in [9.17, 15) is 14.4 Å². The number of para-hydroxylation sites is 2. The standard InChI is InChI=1S/C24H27ClN2O6/c1-24(13-15-27(24)23(31)33-20-7-4-3-6-19(20)32-2)22(30)26(14-5-8-21(28)29)16-17-9-11-18(25)12-10-17/h3-4,6-7,9-12H,5,8,13-16H2,1-2H3,(H,28,29). The first-order valence-electron chi connectivity index (χ1n) is 10.6. The van der Waals surface area contributed by atoms with Crippen LogP contribution >= 0.6 is 11.6 Å². The first kappa shape index (κ1) is 24.4. The third kappa shape index (κ3) is 5.76. The van der Waals surface area contributed by atoms with Crippen LogP contribution in [0.2, 0.25) is 5.02 Å². The molecule has 8 nitrogen and oxygen atoms in total. The summed E-state index contributed by atoms with van der Waals surface area (Å²) in [4.78, 5) is 40.4. The van der Waals surface area contributed by atoms with E-state index < -0.39 is 17.6 Å². The number of carbonyl (C=O) groups is 3. The third-order valence-corrected chi connectivity index (χ3v) is 6.01. The van der Waals surface area contributed by atoms with Gasteiger partial charge >= 0.3 is 12.1 Å². The number of hydrogen-bond donors (Lipinski definition) is 1. The molecule has 1 saturated heterocycles. The first-order valence-corrected chi connectivity index (χ1v) is 11.0. The molecular weight excluding hydrogens is 448 g/mol. The average molecular weight is 475 g/mol. The van der Waals surface area contributed by atoms with Crippen molar-refractivity contribution in [2.24, 2.45) is 0 Å². The fourth-order valence-electron chi connectivity index (χ4n) is 3.75. The molecule has 0 radical (unpaired) electrons. The molecule has 33 heavy (non-hydrogen) atoms. The Morgan fingerprint density at radius 1 is 1.12 bits per heavy atom. The molecule has 0 aromatic heterocycles. The summed E-state index contributed by atoms with van der Waals surface area (Å²) in [5, 5.41) is 9.58. The van der Waals surface area contributed by atoms with Crippen molar-refractivity contribution in [1.29, 1.82) is 0 Å². The van der Waals surface area contributed by atoms with Gasteiger partial charge in [0.25, 0.3) is 0 Å². The number of carboxylic acid groups (broad SMARTS) is 1. The predicted octanol–water partition coefficient (Wildman–Crippen LogP) is 4.21.